The van der Waals surface area contributed by atoms with Gasteiger partial charge in [-0.25, -0.2) is 9.18 Å². The molecule has 0 unspecified atom stereocenters. The topological polar surface area (TPSA) is 73.9 Å². The molecule has 0 saturated carbocycles. The lowest BCUT2D eigenvalue weighted by Crippen LogP contribution is -2.36. The van der Waals surface area contributed by atoms with Crippen LogP contribution in [0.4, 0.5) is 4.39 Å². The molecule has 0 aromatic heterocycles. The maximum absolute atomic E-state index is 13.7. The molecule has 2 aliphatic rings. The number of hydrogen-bond acceptors (Lipinski definition) is 6. The molecular formula is C27H28FNO5. The Morgan fingerprint density at radius 3 is 2.50 bits per heavy atom. The molecule has 34 heavy (non-hydrogen) atoms. The van der Waals surface area contributed by atoms with Crippen molar-refractivity contribution in [2.75, 3.05) is 27.4 Å². The van der Waals surface area contributed by atoms with Crippen molar-refractivity contribution in [3.63, 3.8) is 0 Å². The van der Waals surface area contributed by atoms with Gasteiger partial charge in [0, 0.05) is 42.3 Å². The quantitative estimate of drug-likeness (QED) is 0.483. The molecule has 0 saturated heterocycles. The second kappa shape index (κ2) is 10.2. The van der Waals surface area contributed by atoms with Gasteiger partial charge in [-0.2, -0.15) is 0 Å². The fourth-order valence-electron chi connectivity index (χ4n) is 4.82. The number of dihydropyridines is 1. The Bertz CT molecular complexity index is 1150. The van der Waals surface area contributed by atoms with Gasteiger partial charge in [-0.15, -0.1) is 0 Å². The van der Waals surface area contributed by atoms with Gasteiger partial charge in [0.05, 0.1) is 19.3 Å². The number of carbonyl (C=O) groups excluding carboxylic acids is 2. The van der Waals surface area contributed by atoms with Gasteiger partial charge in [-0.05, 0) is 42.7 Å². The van der Waals surface area contributed by atoms with Crippen LogP contribution >= 0.6 is 0 Å². The van der Waals surface area contributed by atoms with E-state index in [-0.39, 0.29) is 37.2 Å². The average molecular weight is 466 g/mol. The monoisotopic (exact) mass is 465 g/mol. The predicted octanol–water partition coefficient (Wildman–Crippen LogP) is 4.39. The standard InChI is InChI=1S/C27H28FNO5/c1-16-24(27(31)34-13-12-32-2)25(17-8-10-19(28)11-9-17)26-21(29-16)14-18(15-22(26)30)20-6-4-5-7-23(20)33-3/h4-11,18,25,29H,12-15H2,1-3H3/t18-,25+/m0/s1. The van der Waals surface area contributed by atoms with Crippen molar-refractivity contribution >= 4 is 11.8 Å². The van der Waals surface area contributed by atoms with Crippen LogP contribution in [0, 0.1) is 5.82 Å². The smallest absolute Gasteiger partial charge is 0.336 e. The Balaban J connectivity index is 1.75. The van der Waals surface area contributed by atoms with E-state index in [1.165, 1.54) is 19.2 Å². The number of benzene rings is 2. The molecule has 0 fully saturated rings. The normalized spacial score (nSPS) is 20.1. The third kappa shape index (κ3) is 4.61. The second-order valence-corrected chi connectivity index (χ2v) is 8.44. The Morgan fingerprint density at radius 1 is 1.06 bits per heavy atom. The highest BCUT2D eigenvalue weighted by Crippen LogP contribution is 2.46. The highest BCUT2D eigenvalue weighted by atomic mass is 19.1. The first-order valence-electron chi connectivity index (χ1n) is 11.2. The highest BCUT2D eigenvalue weighted by molar-refractivity contribution is 6.04. The minimum Gasteiger partial charge on any atom is -0.496 e. The van der Waals surface area contributed by atoms with E-state index < -0.39 is 11.9 Å². The molecule has 6 nitrogen and oxygen atoms in total. The van der Waals surface area contributed by atoms with Gasteiger partial charge in [0.25, 0.3) is 0 Å². The largest absolute Gasteiger partial charge is 0.496 e. The summed E-state index contributed by atoms with van der Waals surface area (Å²) in [6.45, 7) is 2.16. The summed E-state index contributed by atoms with van der Waals surface area (Å²) >= 11 is 0. The Kier molecular flexibility index (Phi) is 7.12. The van der Waals surface area contributed by atoms with Crippen LogP contribution in [0.2, 0.25) is 0 Å². The van der Waals surface area contributed by atoms with Crippen LogP contribution in [0.15, 0.2) is 71.1 Å². The first-order valence-corrected chi connectivity index (χ1v) is 11.2. The van der Waals surface area contributed by atoms with E-state index in [2.05, 4.69) is 5.32 Å². The van der Waals surface area contributed by atoms with E-state index in [4.69, 9.17) is 14.2 Å². The van der Waals surface area contributed by atoms with E-state index in [9.17, 15) is 14.0 Å². The van der Waals surface area contributed by atoms with Gasteiger partial charge in [0.1, 0.15) is 18.2 Å². The van der Waals surface area contributed by atoms with E-state index in [0.717, 1.165) is 17.0 Å². The molecule has 2 aromatic carbocycles. The van der Waals surface area contributed by atoms with Crippen LogP contribution in [0.5, 0.6) is 5.75 Å². The summed E-state index contributed by atoms with van der Waals surface area (Å²) in [7, 11) is 3.14. The molecule has 0 amide bonds. The molecule has 0 radical (unpaired) electrons. The average Bonchev–Trinajstić information content (AvgIpc) is 2.83. The number of rotatable bonds is 7. The maximum Gasteiger partial charge on any atom is 0.336 e. The van der Waals surface area contributed by atoms with Crippen molar-refractivity contribution in [3.05, 3.63) is 88.0 Å². The zero-order chi connectivity index (χ0) is 24.2. The molecule has 4 rings (SSSR count). The lowest BCUT2D eigenvalue weighted by molar-refractivity contribution is -0.140. The molecule has 1 aliphatic heterocycles. The number of esters is 1. The minimum atomic E-state index is -0.641. The number of carbonyl (C=O) groups is 2. The number of hydrogen-bond donors (Lipinski definition) is 1. The van der Waals surface area contributed by atoms with Crippen LogP contribution in [-0.4, -0.2) is 39.2 Å². The molecule has 2 atom stereocenters. The lowest BCUT2D eigenvalue weighted by Gasteiger charge is -2.37. The third-order valence-electron chi connectivity index (χ3n) is 6.35. The number of allylic oxidation sites excluding steroid dienone is 3. The fourth-order valence-corrected chi connectivity index (χ4v) is 4.82. The summed E-state index contributed by atoms with van der Waals surface area (Å²) in [5.74, 6) is -0.936. The Hall–Kier alpha value is -3.45. The summed E-state index contributed by atoms with van der Waals surface area (Å²) < 4.78 is 29.6. The lowest BCUT2D eigenvalue weighted by atomic mass is 9.71. The van der Waals surface area contributed by atoms with Crippen molar-refractivity contribution in [1.82, 2.24) is 5.32 Å². The second-order valence-electron chi connectivity index (χ2n) is 8.44. The van der Waals surface area contributed by atoms with Crippen molar-refractivity contribution in [2.24, 2.45) is 0 Å². The zero-order valence-corrected chi connectivity index (χ0v) is 19.5. The number of ether oxygens (including phenoxy) is 3. The number of ketones is 1. The molecule has 1 N–H and O–H groups in total. The molecule has 2 aromatic rings. The summed E-state index contributed by atoms with van der Waals surface area (Å²) in [6.07, 6.45) is 0.867. The molecule has 178 valence electrons. The van der Waals surface area contributed by atoms with Crippen LogP contribution in [0.25, 0.3) is 0 Å². The summed E-state index contributed by atoms with van der Waals surface area (Å²) in [6, 6.07) is 13.6. The minimum absolute atomic E-state index is 0.0614. The van der Waals surface area contributed by atoms with Crippen LogP contribution in [0.3, 0.4) is 0 Å². The van der Waals surface area contributed by atoms with Crippen molar-refractivity contribution in [3.8, 4) is 5.75 Å². The first-order chi connectivity index (χ1) is 16.4. The highest BCUT2D eigenvalue weighted by Gasteiger charge is 2.41. The van der Waals surface area contributed by atoms with Crippen molar-refractivity contribution < 1.29 is 28.2 Å². The molecule has 0 bridgehead atoms. The zero-order valence-electron chi connectivity index (χ0n) is 19.5. The number of halogens is 1. The predicted molar refractivity (Wildman–Crippen MR) is 125 cm³/mol. The first kappa shape index (κ1) is 23.7. The van der Waals surface area contributed by atoms with Crippen LogP contribution < -0.4 is 10.1 Å². The van der Waals surface area contributed by atoms with Gasteiger partial charge < -0.3 is 19.5 Å². The van der Waals surface area contributed by atoms with Crippen molar-refractivity contribution in [2.45, 2.75) is 31.6 Å². The number of para-hydroxylation sites is 1. The number of nitrogens with one attached hydrogen (secondary N) is 1. The van der Waals surface area contributed by atoms with E-state index in [1.807, 2.05) is 24.3 Å². The number of methoxy groups -OCH3 is 2. The molecule has 7 heteroatoms. The van der Waals surface area contributed by atoms with Gasteiger partial charge >= 0.3 is 5.97 Å². The van der Waals surface area contributed by atoms with Crippen molar-refractivity contribution in [1.29, 1.82) is 0 Å². The third-order valence-corrected chi connectivity index (χ3v) is 6.35. The maximum atomic E-state index is 13.7. The van der Waals surface area contributed by atoms with Gasteiger partial charge in [0.2, 0.25) is 0 Å². The van der Waals surface area contributed by atoms with Crippen LogP contribution in [0.1, 0.15) is 42.7 Å². The van der Waals surface area contributed by atoms with E-state index in [1.54, 1.807) is 26.2 Å². The molecule has 0 spiro atoms. The molecule has 1 aliphatic carbocycles. The molecular weight excluding hydrogens is 437 g/mol. The summed E-state index contributed by atoms with van der Waals surface area (Å²) in [5, 5.41) is 3.31. The summed E-state index contributed by atoms with van der Waals surface area (Å²) in [4.78, 5) is 26.7. The van der Waals surface area contributed by atoms with E-state index in [0.29, 0.717) is 28.8 Å². The van der Waals surface area contributed by atoms with E-state index >= 15 is 0 Å². The van der Waals surface area contributed by atoms with Gasteiger partial charge in [0.15, 0.2) is 5.78 Å². The summed E-state index contributed by atoms with van der Waals surface area (Å²) in [5.41, 5.74) is 3.90. The van der Waals surface area contributed by atoms with Crippen LogP contribution in [-0.2, 0) is 19.1 Å². The Morgan fingerprint density at radius 2 is 1.79 bits per heavy atom. The number of Topliss-reactive ketones (excluding diaryl/α,β-unsaturated/α-hetero) is 1. The fraction of sp³-hybridized carbons (Fsp3) is 0.333. The van der Waals surface area contributed by atoms with Gasteiger partial charge in [-0.1, -0.05) is 30.3 Å². The molecule has 1 heterocycles. The SMILES string of the molecule is COCCOC(=O)C1=C(C)NC2=C(C(=O)C[C@@H](c3ccccc3OC)C2)[C@@H]1c1ccc(F)cc1. The Labute approximate surface area is 198 Å². The van der Waals surface area contributed by atoms with Gasteiger partial charge in [-0.3, -0.25) is 4.79 Å².